The van der Waals surface area contributed by atoms with Gasteiger partial charge < -0.3 is 4.74 Å². The zero-order valence-electron chi connectivity index (χ0n) is 8.80. The predicted octanol–water partition coefficient (Wildman–Crippen LogP) is 2.42. The molecule has 0 bridgehead atoms. The fourth-order valence-electron chi connectivity index (χ4n) is 1.64. The lowest BCUT2D eigenvalue weighted by Gasteiger charge is -1.98. The van der Waals surface area contributed by atoms with Gasteiger partial charge in [-0.15, -0.1) is 0 Å². The zero-order chi connectivity index (χ0) is 9.36. The van der Waals surface area contributed by atoms with Gasteiger partial charge in [-0.1, -0.05) is 32.6 Å². The van der Waals surface area contributed by atoms with Crippen LogP contribution >= 0.6 is 0 Å². The molecule has 1 rings (SSSR count). The van der Waals surface area contributed by atoms with Gasteiger partial charge >= 0.3 is 6.40 Å². The summed E-state index contributed by atoms with van der Waals surface area (Å²) in [6.07, 6.45) is 10.1. The van der Waals surface area contributed by atoms with E-state index in [0.29, 0.717) is 0 Å². The van der Waals surface area contributed by atoms with Crippen LogP contribution in [0.4, 0.5) is 0 Å². The first-order chi connectivity index (χ1) is 6.43. The average molecular weight is 184 g/mol. The van der Waals surface area contributed by atoms with Crippen molar-refractivity contribution < 1.29 is 9.31 Å². The molecular weight excluding hydrogens is 162 g/mol. The van der Waals surface area contributed by atoms with Crippen LogP contribution in [-0.4, -0.2) is 30.7 Å². The summed E-state index contributed by atoms with van der Waals surface area (Å²) in [6, 6.07) is 0. The highest BCUT2D eigenvalue weighted by Gasteiger charge is 2.09. The molecule has 0 spiro atoms. The summed E-state index contributed by atoms with van der Waals surface area (Å²) in [5.74, 6) is 0. The summed E-state index contributed by atoms with van der Waals surface area (Å²) in [5, 5.41) is 0. The molecule has 76 valence electrons. The molecule has 0 aromatic heterocycles. The molecule has 1 aliphatic rings. The van der Waals surface area contributed by atoms with Crippen molar-refractivity contribution in [1.82, 2.24) is 0 Å². The minimum Gasteiger partial charge on any atom is -0.444 e. The Morgan fingerprint density at radius 1 is 1.15 bits per heavy atom. The molecule has 0 aromatic carbocycles. The Hall–Kier alpha value is -0.530. The van der Waals surface area contributed by atoms with E-state index in [0.717, 1.165) is 13.2 Å². The van der Waals surface area contributed by atoms with Gasteiger partial charge in [0, 0.05) is 6.42 Å². The van der Waals surface area contributed by atoms with Crippen molar-refractivity contribution in [3.63, 3.8) is 0 Å². The van der Waals surface area contributed by atoms with Gasteiger partial charge in [0.25, 0.3) is 0 Å². The largest absolute Gasteiger partial charge is 0.444 e. The van der Waals surface area contributed by atoms with E-state index in [1.807, 2.05) is 6.40 Å². The Morgan fingerprint density at radius 2 is 1.92 bits per heavy atom. The van der Waals surface area contributed by atoms with Gasteiger partial charge in [0.05, 0.1) is 0 Å². The summed E-state index contributed by atoms with van der Waals surface area (Å²) in [5.41, 5.74) is 0. The molecule has 0 unspecified atom stereocenters. The molecule has 13 heavy (non-hydrogen) atoms. The first-order valence-corrected chi connectivity index (χ1v) is 5.62. The molecular formula is C11H22NO+. The van der Waals surface area contributed by atoms with Gasteiger partial charge in [-0.3, -0.25) is 0 Å². The zero-order valence-corrected chi connectivity index (χ0v) is 8.80. The number of hydrogen-bond donors (Lipinski definition) is 0. The molecule has 0 amide bonds. The van der Waals surface area contributed by atoms with Gasteiger partial charge in [-0.25, -0.2) is 4.58 Å². The Balaban J connectivity index is 1.83. The lowest BCUT2D eigenvalue weighted by molar-refractivity contribution is -0.514. The summed E-state index contributed by atoms with van der Waals surface area (Å²) in [4.78, 5) is 0. The molecule has 0 radical (unpaired) electrons. The van der Waals surface area contributed by atoms with Gasteiger partial charge in [-0.05, 0) is 6.42 Å². The van der Waals surface area contributed by atoms with Crippen molar-refractivity contribution in [3.8, 4) is 0 Å². The Morgan fingerprint density at radius 3 is 2.62 bits per heavy atom. The second kappa shape index (κ2) is 6.93. The van der Waals surface area contributed by atoms with Gasteiger partial charge in [-0.2, -0.15) is 0 Å². The van der Waals surface area contributed by atoms with Crippen LogP contribution in [-0.2, 0) is 4.74 Å². The van der Waals surface area contributed by atoms with Crippen molar-refractivity contribution >= 4 is 6.40 Å². The van der Waals surface area contributed by atoms with Crippen LogP contribution in [0.1, 0.15) is 45.4 Å². The molecule has 0 aromatic rings. The van der Waals surface area contributed by atoms with E-state index in [-0.39, 0.29) is 0 Å². The monoisotopic (exact) mass is 184 g/mol. The molecule has 0 fully saturated rings. The molecule has 0 atom stereocenters. The number of rotatable bonds is 7. The highest BCUT2D eigenvalue weighted by atomic mass is 16.5. The van der Waals surface area contributed by atoms with Crippen LogP contribution in [0.5, 0.6) is 0 Å². The first kappa shape index (κ1) is 10.6. The molecule has 1 heterocycles. The number of ether oxygens (including phenoxy) is 1. The third kappa shape index (κ3) is 4.91. The smallest absolute Gasteiger partial charge is 0.324 e. The minimum atomic E-state index is 0.885. The predicted molar refractivity (Wildman–Crippen MR) is 55.4 cm³/mol. The maximum Gasteiger partial charge on any atom is 0.324 e. The van der Waals surface area contributed by atoms with Crippen LogP contribution in [0, 0.1) is 0 Å². The van der Waals surface area contributed by atoms with E-state index in [1.54, 1.807) is 0 Å². The maximum atomic E-state index is 5.15. The van der Waals surface area contributed by atoms with Crippen molar-refractivity contribution in [2.24, 2.45) is 0 Å². The van der Waals surface area contributed by atoms with Crippen LogP contribution < -0.4 is 0 Å². The lowest BCUT2D eigenvalue weighted by Crippen LogP contribution is -2.11. The topological polar surface area (TPSA) is 12.2 Å². The molecule has 0 N–H and O–H groups in total. The second-order valence-corrected chi connectivity index (χ2v) is 3.78. The average Bonchev–Trinajstić information content (AvgIpc) is 2.63. The molecule has 0 saturated carbocycles. The highest BCUT2D eigenvalue weighted by molar-refractivity contribution is 5.40. The summed E-state index contributed by atoms with van der Waals surface area (Å²) >= 11 is 0. The molecule has 2 nitrogen and oxygen atoms in total. The standard InChI is InChI=1S/C11H22NO/c1-2-3-4-5-6-7-8-12-9-10-13-11-12/h11H,2-10H2,1H3/q+1. The lowest BCUT2D eigenvalue weighted by atomic mass is 10.1. The van der Waals surface area contributed by atoms with E-state index in [9.17, 15) is 0 Å². The van der Waals surface area contributed by atoms with E-state index < -0.39 is 0 Å². The molecule has 0 saturated heterocycles. The van der Waals surface area contributed by atoms with E-state index >= 15 is 0 Å². The molecule has 0 aliphatic carbocycles. The van der Waals surface area contributed by atoms with Gasteiger partial charge in [0.2, 0.25) is 0 Å². The van der Waals surface area contributed by atoms with Crippen molar-refractivity contribution in [2.45, 2.75) is 45.4 Å². The molecule has 2 heteroatoms. The second-order valence-electron chi connectivity index (χ2n) is 3.78. The maximum absolute atomic E-state index is 5.15. The van der Waals surface area contributed by atoms with Gasteiger partial charge in [0.1, 0.15) is 6.54 Å². The highest BCUT2D eigenvalue weighted by Crippen LogP contribution is 2.05. The summed E-state index contributed by atoms with van der Waals surface area (Å²) < 4.78 is 7.43. The van der Waals surface area contributed by atoms with Crippen molar-refractivity contribution in [3.05, 3.63) is 0 Å². The van der Waals surface area contributed by atoms with E-state index in [2.05, 4.69) is 11.5 Å². The normalized spacial score (nSPS) is 15.6. The number of hydrogen-bond acceptors (Lipinski definition) is 1. The van der Waals surface area contributed by atoms with Crippen LogP contribution in [0.3, 0.4) is 0 Å². The third-order valence-corrected chi connectivity index (χ3v) is 2.52. The van der Waals surface area contributed by atoms with Crippen molar-refractivity contribution in [1.29, 1.82) is 0 Å². The summed E-state index contributed by atoms with van der Waals surface area (Å²) in [6.45, 7) is 5.42. The van der Waals surface area contributed by atoms with Crippen molar-refractivity contribution in [2.75, 3.05) is 19.7 Å². The minimum absolute atomic E-state index is 0.885. The quantitative estimate of drug-likeness (QED) is 0.437. The first-order valence-electron chi connectivity index (χ1n) is 5.62. The Bertz CT molecular complexity index is 154. The number of unbranched alkanes of at least 4 members (excludes halogenated alkanes) is 5. The molecule has 1 aliphatic heterocycles. The summed E-state index contributed by atoms with van der Waals surface area (Å²) in [7, 11) is 0. The van der Waals surface area contributed by atoms with Crippen LogP contribution in [0.15, 0.2) is 0 Å². The SMILES string of the molecule is CCCCCCCC[N+]1=COCC1. The van der Waals surface area contributed by atoms with Crippen LogP contribution in [0.25, 0.3) is 0 Å². The Labute approximate surface area is 81.6 Å². The van der Waals surface area contributed by atoms with Crippen LogP contribution in [0.2, 0.25) is 0 Å². The fourth-order valence-corrected chi connectivity index (χ4v) is 1.64. The Kier molecular flexibility index (Phi) is 5.62. The fraction of sp³-hybridized carbons (Fsp3) is 0.909. The van der Waals surface area contributed by atoms with E-state index in [4.69, 9.17) is 4.74 Å². The van der Waals surface area contributed by atoms with Gasteiger partial charge in [0.15, 0.2) is 13.2 Å². The van der Waals surface area contributed by atoms with E-state index in [1.165, 1.54) is 45.1 Å². The number of nitrogens with zero attached hydrogens (tertiary/aromatic N) is 1. The third-order valence-electron chi connectivity index (χ3n) is 2.52.